The fraction of sp³-hybridized carbons (Fsp3) is 0.100. The van der Waals surface area contributed by atoms with Crippen molar-refractivity contribution in [1.82, 2.24) is 0 Å². The van der Waals surface area contributed by atoms with Crippen molar-refractivity contribution in [3.63, 3.8) is 0 Å². The molecule has 0 aliphatic rings. The van der Waals surface area contributed by atoms with Crippen molar-refractivity contribution in [2.45, 2.75) is 6.42 Å². The number of ketones is 2. The van der Waals surface area contributed by atoms with Gasteiger partial charge in [-0.15, -0.1) is 0 Å². The second-order valence-corrected chi connectivity index (χ2v) is 5.44. The summed E-state index contributed by atoms with van der Waals surface area (Å²) in [4.78, 5) is 24.7. The highest BCUT2D eigenvalue weighted by atomic mass is 16.5. The number of benzene rings is 3. The highest BCUT2D eigenvalue weighted by Crippen LogP contribution is 2.29. The van der Waals surface area contributed by atoms with Gasteiger partial charge in [0.1, 0.15) is 11.5 Å². The topological polar surface area (TPSA) is 63.6 Å². The van der Waals surface area contributed by atoms with E-state index < -0.39 is 5.78 Å². The Morgan fingerprint density at radius 1 is 0.958 bits per heavy atom. The number of fused-ring (bicyclic) bond motifs is 1. The molecule has 3 aromatic carbocycles. The minimum Gasteiger partial charge on any atom is -0.507 e. The first-order chi connectivity index (χ1) is 11.6. The summed E-state index contributed by atoms with van der Waals surface area (Å²) >= 11 is 0. The maximum Gasteiger partial charge on any atom is 0.174 e. The van der Waals surface area contributed by atoms with Crippen LogP contribution in [0.1, 0.15) is 27.1 Å². The molecule has 4 heteroatoms. The van der Waals surface area contributed by atoms with Crippen LogP contribution in [0.15, 0.2) is 60.7 Å². The van der Waals surface area contributed by atoms with Gasteiger partial charge in [0.2, 0.25) is 0 Å². The predicted octanol–water partition coefficient (Wildman–Crippen LogP) is 4.01. The maximum atomic E-state index is 12.4. The lowest BCUT2D eigenvalue weighted by Crippen LogP contribution is -2.09. The van der Waals surface area contributed by atoms with E-state index in [1.807, 2.05) is 12.1 Å². The van der Waals surface area contributed by atoms with Gasteiger partial charge < -0.3 is 9.84 Å². The molecule has 3 aromatic rings. The van der Waals surface area contributed by atoms with Gasteiger partial charge in [0, 0.05) is 10.9 Å². The van der Waals surface area contributed by atoms with E-state index in [1.165, 1.54) is 7.11 Å². The van der Waals surface area contributed by atoms with Crippen LogP contribution < -0.4 is 4.74 Å². The van der Waals surface area contributed by atoms with E-state index >= 15 is 0 Å². The summed E-state index contributed by atoms with van der Waals surface area (Å²) in [6.45, 7) is 0. The molecule has 0 aliphatic heterocycles. The standard InChI is InChI=1S/C20H16O4/c1-24-15-7-4-6-14(11-15)18(21)12-19(22)17-10-9-13-5-2-3-8-16(13)20(17)23/h2-11,23H,12H2,1H3. The molecular weight excluding hydrogens is 304 g/mol. The van der Waals surface area contributed by atoms with E-state index in [-0.39, 0.29) is 23.5 Å². The molecule has 4 nitrogen and oxygen atoms in total. The third-order valence-corrected chi connectivity index (χ3v) is 3.91. The Morgan fingerprint density at radius 2 is 1.75 bits per heavy atom. The number of hydrogen-bond acceptors (Lipinski definition) is 4. The molecule has 0 radical (unpaired) electrons. The number of methoxy groups -OCH3 is 1. The molecule has 3 rings (SSSR count). The maximum absolute atomic E-state index is 12.4. The molecule has 0 aromatic heterocycles. The van der Waals surface area contributed by atoms with Crippen LogP contribution in [0.3, 0.4) is 0 Å². The van der Waals surface area contributed by atoms with Gasteiger partial charge in [0.25, 0.3) is 0 Å². The molecule has 0 bridgehead atoms. The molecule has 0 atom stereocenters. The highest BCUT2D eigenvalue weighted by Gasteiger charge is 2.18. The van der Waals surface area contributed by atoms with E-state index in [2.05, 4.69) is 0 Å². The van der Waals surface area contributed by atoms with Gasteiger partial charge in [-0.2, -0.15) is 0 Å². The number of carbonyl (C=O) groups excluding carboxylic acids is 2. The molecule has 120 valence electrons. The average molecular weight is 320 g/mol. The summed E-state index contributed by atoms with van der Waals surface area (Å²) in [7, 11) is 1.52. The first-order valence-electron chi connectivity index (χ1n) is 7.51. The minimum atomic E-state index is -0.411. The predicted molar refractivity (Wildman–Crippen MR) is 91.9 cm³/mol. The Kier molecular flexibility index (Phi) is 4.29. The summed E-state index contributed by atoms with van der Waals surface area (Å²) in [5, 5.41) is 11.8. The fourth-order valence-electron chi connectivity index (χ4n) is 2.62. The summed E-state index contributed by atoms with van der Waals surface area (Å²) in [6.07, 6.45) is -0.306. The molecule has 0 amide bonds. The van der Waals surface area contributed by atoms with Crippen LogP contribution in [0.2, 0.25) is 0 Å². The van der Waals surface area contributed by atoms with Crippen LogP contribution in [0.5, 0.6) is 11.5 Å². The summed E-state index contributed by atoms with van der Waals surface area (Å²) in [6, 6.07) is 17.2. The van der Waals surface area contributed by atoms with Gasteiger partial charge in [0.05, 0.1) is 19.1 Å². The number of aromatic hydroxyl groups is 1. The Hall–Kier alpha value is -3.14. The number of hydrogen-bond donors (Lipinski definition) is 1. The molecule has 0 spiro atoms. The average Bonchev–Trinajstić information content (AvgIpc) is 2.62. The van der Waals surface area contributed by atoms with Crippen LogP contribution in [0.4, 0.5) is 0 Å². The number of ether oxygens (including phenoxy) is 1. The molecule has 0 fully saturated rings. The third kappa shape index (κ3) is 2.99. The largest absolute Gasteiger partial charge is 0.507 e. The summed E-state index contributed by atoms with van der Waals surface area (Å²) in [5.41, 5.74) is 0.563. The molecule has 0 saturated heterocycles. The van der Waals surface area contributed by atoms with E-state index in [9.17, 15) is 14.7 Å². The first kappa shape index (κ1) is 15.7. The van der Waals surface area contributed by atoms with Crippen molar-refractivity contribution in [2.75, 3.05) is 7.11 Å². The van der Waals surface area contributed by atoms with Gasteiger partial charge in [-0.3, -0.25) is 9.59 Å². The second-order valence-electron chi connectivity index (χ2n) is 5.44. The van der Waals surface area contributed by atoms with Crippen LogP contribution >= 0.6 is 0 Å². The van der Waals surface area contributed by atoms with Crippen LogP contribution in [0, 0.1) is 0 Å². The zero-order valence-electron chi connectivity index (χ0n) is 13.2. The quantitative estimate of drug-likeness (QED) is 0.570. The number of phenols is 1. The lowest BCUT2D eigenvalue weighted by molar-refractivity contribution is 0.0893. The molecule has 0 saturated carbocycles. The molecule has 1 N–H and O–H groups in total. The van der Waals surface area contributed by atoms with Crippen molar-refractivity contribution in [3.8, 4) is 11.5 Å². The second kappa shape index (κ2) is 6.54. The van der Waals surface area contributed by atoms with Crippen molar-refractivity contribution in [2.24, 2.45) is 0 Å². The van der Waals surface area contributed by atoms with Crippen LogP contribution in [0.25, 0.3) is 10.8 Å². The number of phenolic OH excluding ortho intramolecular Hbond substituents is 1. The van der Waals surface area contributed by atoms with E-state index in [0.717, 1.165) is 5.39 Å². The zero-order chi connectivity index (χ0) is 17.1. The number of Topliss-reactive ketones (excluding diaryl/α,β-unsaturated/α-hetero) is 2. The Balaban J connectivity index is 1.87. The smallest absolute Gasteiger partial charge is 0.174 e. The lowest BCUT2D eigenvalue weighted by atomic mass is 9.98. The summed E-state index contributed by atoms with van der Waals surface area (Å²) < 4.78 is 5.08. The van der Waals surface area contributed by atoms with E-state index in [1.54, 1.807) is 48.5 Å². The highest BCUT2D eigenvalue weighted by molar-refractivity contribution is 6.16. The van der Waals surface area contributed by atoms with Gasteiger partial charge in [0.15, 0.2) is 11.6 Å². The lowest BCUT2D eigenvalue weighted by Gasteiger charge is -2.07. The monoisotopic (exact) mass is 320 g/mol. The van der Waals surface area contributed by atoms with Gasteiger partial charge >= 0.3 is 0 Å². The molecular formula is C20H16O4. The summed E-state index contributed by atoms with van der Waals surface area (Å²) in [5.74, 6) is -0.254. The van der Waals surface area contributed by atoms with Gasteiger partial charge in [-0.25, -0.2) is 0 Å². The van der Waals surface area contributed by atoms with Gasteiger partial charge in [-0.05, 0) is 23.6 Å². The Labute approximate surface area is 139 Å². The molecule has 0 heterocycles. The third-order valence-electron chi connectivity index (χ3n) is 3.91. The van der Waals surface area contributed by atoms with Crippen molar-refractivity contribution >= 4 is 22.3 Å². The molecule has 0 unspecified atom stereocenters. The molecule has 24 heavy (non-hydrogen) atoms. The van der Waals surface area contributed by atoms with Crippen molar-refractivity contribution in [3.05, 3.63) is 71.8 Å². The number of rotatable bonds is 5. The normalized spacial score (nSPS) is 10.5. The van der Waals surface area contributed by atoms with Gasteiger partial charge in [-0.1, -0.05) is 42.5 Å². The van der Waals surface area contributed by atoms with E-state index in [4.69, 9.17) is 4.74 Å². The minimum absolute atomic E-state index is 0.0865. The Morgan fingerprint density at radius 3 is 2.54 bits per heavy atom. The SMILES string of the molecule is COc1cccc(C(=O)CC(=O)c2ccc3ccccc3c2O)c1. The number of carbonyl (C=O) groups is 2. The Bertz CT molecular complexity index is 928. The van der Waals surface area contributed by atoms with Crippen LogP contribution in [-0.2, 0) is 0 Å². The van der Waals surface area contributed by atoms with E-state index in [0.29, 0.717) is 16.7 Å². The van der Waals surface area contributed by atoms with Crippen molar-refractivity contribution in [1.29, 1.82) is 0 Å². The first-order valence-corrected chi connectivity index (χ1v) is 7.51. The zero-order valence-corrected chi connectivity index (χ0v) is 13.2. The molecule has 0 aliphatic carbocycles. The van der Waals surface area contributed by atoms with Crippen molar-refractivity contribution < 1.29 is 19.4 Å². The fourth-order valence-corrected chi connectivity index (χ4v) is 2.62. The van der Waals surface area contributed by atoms with Crippen LogP contribution in [-0.4, -0.2) is 23.8 Å².